The third-order valence-corrected chi connectivity index (χ3v) is 3.48. The van der Waals surface area contributed by atoms with Gasteiger partial charge in [-0.25, -0.2) is 0 Å². The molecule has 4 nitrogen and oxygen atoms in total. The van der Waals surface area contributed by atoms with Crippen LogP contribution < -0.4 is 10.1 Å². The predicted octanol–water partition coefficient (Wildman–Crippen LogP) is 1.31. The summed E-state index contributed by atoms with van der Waals surface area (Å²) in [7, 11) is 1.88. The first-order valence-electron chi connectivity index (χ1n) is 6.88. The molecular formula is C15H22N2O2. The summed E-state index contributed by atoms with van der Waals surface area (Å²) in [5, 5.41) is 3.13. The van der Waals surface area contributed by atoms with E-state index in [4.69, 9.17) is 4.74 Å². The Morgan fingerprint density at radius 2 is 2.05 bits per heavy atom. The Labute approximate surface area is 114 Å². The van der Waals surface area contributed by atoms with E-state index in [2.05, 4.69) is 17.4 Å². The lowest BCUT2D eigenvalue weighted by atomic mass is 10.0. The van der Waals surface area contributed by atoms with Gasteiger partial charge in [0.1, 0.15) is 5.75 Å². The Morgan fingerprint density at radius 3 is 2.58 bits per heavy atom. The number of hydrogen-bond donors (Lipinski definition) is 1. The van der Waals surface area contributed by atoms with Crippen molar-refractivity contribution in [2.45, 2.75) is 13.3 Å². The summed E-state index contributed by atoms with van der Waals surface area (Å²) in [5.41, 5.74) is 1.23. The zero-order valence-electron chi connectivity index (χ0n) is 11.7. The Bertz CT molecular complexity index is 413. The highest BCUT2D eigenvalue weighted by atomic mass is 16.5. The van der Waals surface area contributed by atoms with Gasteiger partial charge in [-0.2, -0.15) is 0 Å². The zero-order chi connectivity index (χ0) is 13.7. The van der Waals surface area contributed by atoms with Gasteiger partial charge < -0.3 is 15.0 Å². The topological polar surface area (TPSA) is 41.6 Å². The molecule has 1 aromatic carbocycles. The number of carbonyl (C=O) groups excluding carboxylic acids is 1. The van der Waals surface area contributed by atoms with Crippen LogP contribution in [0.5, 0.6) is 5.75 Å². The Morgan fingerprint density at radius 1 is 1.37 bits per heavy atom. The van der Waals surface area contributed by atoms with Crippen LogP contribution in [0.1, 0.15) is 12.5 Å². The van der Waals surface area contributed by atoms with Crippen molar-refractivity contribution in [1.82, 2.24) is 10.2 Å². The van der Waals surface area contributed by atoms with E-state index in [-0.39, 0.29) is 11.8 Å². The number of likely N-dealkylation sites (N-methyl/N-ethyl adjacent to an activating group) is 1. The molecule has 1 aliphatic rings. The molecule has 0 spiro atoms. The minimum Gasteiger partial charge on any atom is -0.494 e. The number of nitrogens with zero attached hydrogens (tertiary/aromatic N) is 1. The number of nitrogens with one attached hydrogen (secondary N) is 1. The van der Waals surface area contributed by atoms with Crippen LogP contribution in [0.15, 0.2) is 24.3 Å². The van der Waals surface area contributed by atoms with Crippen LogP contribution in [-0.4, -0.2) is 44.1 Å². The molecule has 1 saturated heterocycles. The Balaban J connectivity index is 1.79. The molecule has 2 rings (SSSR count). The maximum absolute atomic E-state index is 12.0. The molecule has 0 radical (unpaired) electrons. The van der Waals surface area contributed by atoms with Crippen molar-refractivity contribution in [3.05, 3.63) is 29.8 Å². The standard InChI is InChI=1S/C15H22N2O2/c1-3-19-14-6-4-12(5-7-14)8-9-17(2)15(18)13-10-16-11-13/h4-7,13,16H,3,8-11H2,1-2H3. The van der Waals surface area contributed by atoms with Gasteiger partial charge in [-0.05, 0) is 31.0 Å². The molecule has 4 heteroatoms. The Kier molecular flexibility index (Phi) is 4.80. The third kappa shape index (κ3) is 3.70. The maximum atomic E-state index is 12.0. The number of hydrogen-bond acceptors (Lipinski definition) is 3. The second-order valence-corrected chi connectivity index (χ2v) is 4.94. The minimum atomic E-state index is 0.185. The fourth-order valence-corrected chi connectivity index (χ4v) is 2.10. The summed E-state index contributed by atoms with van der Waals surface area (Å²) in [6.45, 7) is 5.08. The molecule has 1 aromatic rings. The molecule has 0 aliphatic carbocycles. The molecular weight excluding hydrogens is 240 g/mol. The highest BCUT2D eigenvalue weighted by Gasteiger charge is 2.27. The fourth-order valence-electron chi connectivity index (χ4n) is 2.10. The van der Waals surface area contributed by atoms with E-state index >= 15 is 0 Å². The highest BCUT2D eigenvalue weighted by molar-refractivity contribution is 5.79. The van der Waals surface area contributed by atoms with Gasteiger partial charge in [-0.1, -0.05) is 12.1 Å². The second-order valence-electron chi connectivity index (χ2n) is 4.94. The van der Waals surface area contributed by atoms with Crippen LogP contribution in [0.25, 0.3) is 0 Å². The van der Waals surface area contributed by atoms with Crippen LogP contribution in [0.4, 0.5) is 0 Å². The Hall–Kier alpha value is -1.55. The number of rotatable bonds is 6. The molecule has 0 aromatic heterocycles. The summed E-state index contributed by atoms with van der Waals surface area (Å²) in [5.74, 6) is 1.34. The maximum Gasteiger partial charge on any atom is 0.228 e. The number of ether oxygens (including phenoxy) is 1. The molecule has 1 heterocycles. The van der Waals surface area contributed by atoms with Gasteiger partial charge in [0.2, 0.25) is 5.91 Å². The molecule has 1 amide bonds. The van der Waals surface area contributed by atoms with E-state index in [1.54, 1.807) is 0 Å². The average Bonchev–Trinajstić information content (AvgIpc) is 2.36. The largest absolute Gasteiger partial charge is 0.494 e. The van der Waals surface area contributed by atoms with E-state index in [9.17, 15) is 4.79 Å². The monoisotopic (exact) mass is 262 g/mol. The van der Waals surface area contributed by atoms with Crippen molar-refractivity contribution in [2.75, 3.05) is 33.3 Å². The summed E-state index contributed by atoms with van der Waals surface area (Å²) in [4.78, 5) is 13.8. The fraction of sp³-hybridized carbons (Fsp3) is 0.533. The lowest BCUT2D eigenvalue weighted by Gasteiger charge is -2.30. The molecule has 19 heavy (non-hydrogen) atoms. The van der Waals surface area contributed by atoms with Crippen molar-refractivity contribution >= 4 is 5.91 Å². The number of benzene rings is 1. The normalized spacial score (nSPS) is 14.8. The van der Waals surface area contributed by atoms with Gasteiger partial charge in [0, 0.05) is 26.7 Å². The molecule has 1 N–H and O–H groups in total. The van der Waals surface area contributed by atoms with Crippen LogP contribution in [0, 0.1) is 5.92 Å². The second kappa shape index (κ2) is 6.57. The van der Waals surface area contributed by atoms with E-state index in [1.807, 2.05) is 31.0 Å². The average molecular weight is 262 g/mol. The lowest BCUT2D eigenvalue weighted by Crippen LogP contribution is -2.51. The summed E-state index contributed by atoms with van der Waals surface area (Å²) < 4.78 is 5.41. The first kappa shape index (κ1) is 13.9. The van der Waals surface area contributed by atoms with E-state index in [0.717, 1.165) is 31.8 Å². The van der Waals surface area contributed by atoms with E-state index in [0.29, 0.717) is 6.61 Å². The number of carbonyl (C=O) groups is 1. The zero-order valence-corrected chi connectivity index (χ0v) is 11.7. The summed E-state index contributed by atoms with van der Waals surface area (Å²) >= 11 is 0. The molecule has 0 saturated carbocycles. The SMILES string of the molecule is CCOc1ccc(CCN(C)C(=O)C2CNC2)cc1. The van der Waals surface area contributed by atoms with Crippen LogP contribution in [0.3, 0.4) is 0 Å². The molecule has 1 aliphatic heterocycles. The van der Waals surface area contributed by atoms with E-state index < -0.39 is 0 Å². The van der Waals surface area contributed by atoms with Crippen molar-refractivity contribution in [2.24, 2.45) is 5.92 Å². The van der Waals surface area contributed by atoms with Gasteiger partial charge in [-0.3, -0.25) is 4.79 Å². The lowest BCUT2D eigenvalue weighted by molar-refractivity contribution is -0.135. The van der Waals surface area contributed by atoms with Crippen molar-refractivity contribution in [3.8, 4) is 5.75 Å². The van der Waals surface area contributed by atoms with Crippen LogP contribution >= 0.6 is 0 Å². The molecule has 0 atom stereocenters. The quantitative estimate of drug-likeness (QED) is 0.840. The van der Waals surface area contributed by atoms with Gasteiger partial charge >= 0.3 is 0 Å². The molecule has 104 valence electrons. The third-order valence-electron chi connectivity index (χ3n) is 3.48. The first-order chi connectivity index (χ1) is 9.20. The van der Waals surface area contributed by atoms with E-state index in [1.165, 1.54) is 5.56 Å². The molecule has 0 unspecified atom stereocenters. The molecule has 1 fully saturated rings. The van der Waals surface area contributed by atoms with Crippen LogP contribution in [0.2, 0.25) is 0 Å². The van der Waals surface area contributed by atoms with Crippen molar-refractivity contribution in [3.63, 3.8) is 0 Å². The minimum absolute atomic E-state index is 0.185. The van der Waals surface area contributed by atoms with Gasteiger partial charge in [0.05, 0.1) is 12.5 Å². The predicted molar refractivity (Wildman–Crippen MR) is 75.3 cm³/mol. The summed E-state index contributed by atoms with van der Waals surface area (Å²) in [6.07, 6.45) is 0.884. The number of amides is 1. The summed E-state index contributed by atoms with van der Waals surface area (Å²) in [6, 6.07) is 8.09. The first-order valence-corrected chi connectivity index (χ1v) is 6.88. The van der Waals surface area contributed by atoms with Crippen molar-refractivity contribution < 1.29 is 9.53 Å². The van der Waals surface area contributed by atoms with Gasteiger partial charge in [0.25, 0.3) is 0 Å². The smallest absolute Gasteiger partial charge is 0.228 e. The van der Waals surface area contributed by atoms with Crippen LogP contribution in [-0.2, 0) is 11.2 Å². The highest BCUT2D eigenvalue weighted by Crippen LogP contribution is 2.13. The van der Waals surface area contributed by atoms with Gasteiger partial charge in [0.15, 0.2) is 0 Å². The van der Waals surface area contributed by atoms with Crippen molar-refractivity contribution in [1.29, 1.82) is 0 Å². The van der Waals surface area contributed by atoms with Gasteiger partial charge in [-0.15, -0.1) is 0 Å². The molecule has 0 bridgehead atoms.